The highest BCUT2D eigenvalue weighted by molar-refractivity contribution is 6.32. The predicted molar refractivity (Wildman–Crippen MR) is 78.6 cm³/mol. The van der Waals surface area contributed by atoms with Crippen LogP contribution >= 0.6 is 11.6 Å². The molecule has 0 unspecified atom stereocenters. The van der Waals surface area contributed by atoms with E-state index in [9.17, 15) is 9.90 Å². The molecular weight excluding hydrogens is 278 g/mol. The molecule has 0 radical (unpaired) electrons. The van der Waals surface area contributed by atoms with E-state index in [1.807, 2.05) is 11.8 Å². The zero-order valence-electron chi connectivity index (χ0n) is 11.9. The first kappa shape index (κ1) is 15.0. The van der Waals surface area contributed by atoms with Crippen molar-refractivity contribution in [3.63, 3.8) is 0 Å². The summed E-state index contributed by atoms with van der Waals surface area (Å²) < 4.78 is 5.31. The van der Waals surface area contributed by atoms with Gasteiger partial charge in [0.15, 0.2) is 11.5 Å². The number of carbonyl (C=O) groups excluding carboxylic acids is 1. The molecule has 0 aromatic heterocycles. The van der Waals surface area contributed by atoms with Crippen LogP contribution in [0.25, 0.3) is 0 Å². The van der Waals surface area contributed by atoms with E-state index in [1.165, 1.54) is 6.07 Å². The fraction of sp³-hybridized carbons (Fsp3) is 0.533. The summed E-state index contributed by atoms with van der Waals surface area (Å²) in [5.74, 6) is 0.608. The average Bonchev–Trinajstić information content (AvgIpc) is 2.43. The molecule has 1 saturated heterocycles. The fourth-order valence-electron chi connectivity index (χ4n) is 2.52. The molecule has 0 bridgehead atoms. The summed E-state index contributed by atoms with van der Waals surface area (Å²) in [6.07, 6.45) is 2.18. The summed E-state index contributed by atoms with van der Waals surface area (Å²) in [6, 6.07) is 3.06. The molecule has 2 rings (SSSR count). The summed E-state index contributed by atoms with van der Waals surface area (Å²) in [7, 11) is 0. The molecule has 1 aliphatic rings. The Morgan fingerprint density at radius 1 is 1.55 bits per heavy atom. The Morgan fingerprint density at radius 2 is 2.30 bits per heavy atom. The maximum Gasteiger partial charge on any atom is 0.254 e. The van der Waals surface area contributed by atoms with Crippen LogP contribution in [0.4, 0.5) is 0 Å². The molecule has 0 saturated carbocycles. The van der Waals surface area contributed by atoms with E-state index in [1.54, 1.807) is 6.07 Å². The third-order valence-electron chi connectivity index (χ3n) is 3.52. The van der Waals surface area contributed by atoms with E-state index in [0.717, 1.165) is 25.9 Å². The second-order valence-electron chi connectivity index (χ2n) is 5.24. The molecule has 1 heterocycles. The van der Waals surface area contributed by atoms with Crippen molar-refractivity contribution in [2.75, 3.05) is 19.7 Å². The van der Waals surface area contributed by atoms with Crippen molar-refractivity contribution in [2.45, 2.75) is 26.7 Å². The molecule has 1 atom stereocenters. The van der Waals surface area contributed by atoms with Gasteiger partial charge in [-0.3, -0.25) is 4.79 Å². The molecule has 1 fully saturated rings. The maximum atomic E-state index is 12.5. The van der Waals surface area contributed by atoms with Gasteiger partial charge >= 0.3 is 0 Å². The van der Waals surface area contributed by atoms with Gasteiger partial charge in [0, 0.05) is 18.7 Å². The summed E-state index contributed by atoms with van der Waals surface area (Å²) in [4.78, 5) is 14.3. The molecule has 1 aromatic carbocycles. The summed E-state index contributed by atoms with van der Waals surface area (Å²) in [5, 5.41) is 9.95. The largest absolute Gasteiger partial charge is 0.503 e. The highest BCUT2D eigenvalue weighted by Gasteiger charge is 2.23. The fourth-order valence-corrected chi connectivity index (χ4v) is 2.73. The number of amides is 1. The minimum Gasteiger partial charge on any atom is -0.503 e. The van der Waals surface area contributed by atoms with Gasteiger partial charge in [-0.15, -0.1) is 0 Å². The van der Waals surface area contributed by atoms with Gasteiger partial charge < -0.3 is 14.7 Å². The molecule has 5 heteroatoms. The topological polar surface area (TPSA) is 49.8 Å². The number of phenolic OH excluding ortho intramolecular Hbond substituents is 1. The van der Waals surface area contributed by atoms with Gasteiger partial charge in [-0.25, -0.2) is 0 Å². The van der Waals surface area contributed by atoms with Gasteiger partial charge in [-0.1, -0.05) is 18.5 Å². The summed E-state index contributed by atoms with van der Waals surface area (Å²) >= 11 is 5.97. The van der Waals surface area contributed by atoms with Crippen LogP contribution in [-0.4, -0.2) is 35.6 Å². The van der Waals surface area contributed by atoms with Crippen molar-refractivity contribution < 1.29 is 14.6 Å². The maximum absolute atomic E-state index is 12.5. The van der Waals surface area contributed by atoms with Gasteiger partial charge in [0.05, 0.1) is 11.6 Å². The Kier molecular flexibility index (Phi) is 4.76. The normalized spacial score (nSPS) is 18.9. The minimum atomic E-state index is -0.114. The number of phenols is 1. The number of benzene rings is 1. The van der Waals surface area contributed by atoms with Crippen LogP contribution in [0.3, 0.4) is 0 Å². The molecule has 1 amide bonds. The van der Waals surface area contributed by atoms with Gasteiger partial charge in [0.1, 0.15) is 0 Å². The SMILES string of the molecule is CCOc1cc(C(=O)N2CCC[C@H](C)C2)cc(Cl)c1O. The van der Waals surface area contributed by atoms with Crippen LogP contribution in [0.5, 0.6) is 11.5 Å². The van der Waals surface area contributed by atoms with E-state index in [0.29, 0.717) is 18.1 Å². The second-order valence-corrected chi connectivity index (χ2v) is 5.64. The molecule has 0 spiro atoms. The van der Waals surface area contributed by atoms with Crippen molar-refractivity contribution in [2.24, 2.45) is 5.92 Å². The van der Waals surface area contributed by atoms with Gasteiger partial charge in [-0.2, -0.15) is 0 Å². The molecule has 4 nitrogen and oxygen atoms in total. The first-order chi connectivity index (χ1) is 9.52. The smallest absolute Gasteiger partial charge is 0.254 e. The van der Waals surface area contributed by atoms with Crippen LogP contribution < -0.4 is 4.74 Å². The number of hydrogen-bond acceptors (Lipinski definition) is 3. The number of aromatic hydroxyl groups is 1. The van der Waals surface area contributed by atoms with Gasteiger partial charge in [0.25, 0.3) is 5.91 Å². The molecule has 1 aliphatic heterocycles. The van der Waals surface area contributed by atoms with Crippen LogP contribution in [0, 0.1) is 5.92 Å². The highest BCUT2D eigenvalue weighted by atomic mass is 35.5. The third-order valence-corrected chi connectivity index (χ3v) is 3.81. The summed E-state index contributed by atoms with van der Waals surface area (Å²) in [5.41, 5.74) is 0.463. The molecule has 110 valence electrons. The molecule has 20 heavy (non-hydrogen) atoms. The van der Waals surface area contributed by atoms with Crippen LogP contribution in [0.1, 0.15) is 37.0 Å². The lowest BCUT2D eigenvalue weighted by Gasteiger charge is -2.31. The molecule has 0 aliphatic carbocycles. The Balaban J connectivity index is 2.25. The number of hydrogen-bond donors (Lipinski definition) is 1. The molecular formula is C15H20ClNO3. The average molecular weight is 298 g/mol. The van der Waals surface area contributed by atoms with Crippen molar-refractivity contribution in [3.8, 4) is 11.5 Å². The number of ether oxygens (including phenoxy) is 1. The highest BCUT2D eigenvalue weighted by Crippen LogP contribution is 2.35. The number of likely N-dealkylation sites (tertiary alicyclic amines) is 1. The van der Waals surface area contributed by atoms with Gasteiger partial charge in [-0.05, 0) is 37.8 Å². The van der Waals surface area contributed by atoms with Crippen LogP contribution in [-0.2, 0) is 0 Å². The lowest BCUT2D eigenvalue weighted by atomic mass is 9.99. The zero-order valence-corrected chi connectivity index (χ0v) is 12.6. The Bertz CT molecular complexity index is 504. The number of rotatable bonds is 3. The molecule has 1 N–H and O–H groups in total. The lowest BCUT2D eigenvalue weighted by Crippen LogP contribution is -2.39. The number of halogens is 1. The number of piperidine rings is 1. The quantitative estimate of drug-likeness (QED) is 0.931. The Hall–Kier alpha value is -1.42. The predicted octanol–water partition coefficient (Wildman–Crippen LogP) is 3.32. The monoisotopic (exact) mass is 297 g/mol. The molecule has 1 aromatic rings. The van der Waals surface area contributed by atoms with E-state index < -0.39 is 0 Å². The van der Waals surface area contributed by atoms with Crippen molar-refractivity contribution in [1.29, 1.82) is 0 Å². The van der Waals surface area contributed by atoms with Gasteiger partial charge in [0.2, 0.25) is 0 Å². The lowest BCUT2D eigenvalue weighted by molar-refractivity contribution is 0.0682. The van der Waals surface area contributed by atoms with Crippen LogP contribution in [0.2, 0.25) is 5.02 Å². The van der Waals surface area contributed by atoms with E-state index >= 15 is 0 Å². The zero-order chi connectivity index (χ0) is 14.7. The minimum absolute atomic E-state index is 0.0561. The number of nitrogens with zero attached hydrogens (tertiary/aromatic N) is 1. The van der Waals surface area contributed by atoms with Crippen molar-refractivity contribution >= 4 is 17.5 Å². The first-order valence-electron chi connectivity index (χ1n) is 6.97. The Morgan fingerprint density at radius 3 is 2.95 bits per heavy atom. The van der Waals surface area contributed by atoms with Crippen LogP contribution in [0.15, 0.2) is 12.1 Å². The summed E-state index contributed by atoms with van der Waals surface area (Å²) in [6.45, 7) is 5.90. The third kappa shape index (κ3) is 3.18. The Labute approximate surface area is 124 Å². The van der Waals surface area contributed by atoms with Crippen molar-refractivity contribution in [3.05, 3.63) is 22.7 Å². The van der Waals surface area contributed by atoms with E-state index in [4.69, 9.17) is 16.3 Å². The standard InChI is InChI=1S/C15H20ClNO3/c1-3-20-13-8-11(7-12(16)14(13)18)15(19)17-6-4-5-10(2)9-17/h7-8,10,18H,3-6,9H2,1-2H3/t10-/m0/s1. The number of carbonyl (C=O) groups is 1. The van der Waals surface area contributed by atoms with Crippen molar-refractivity contribution in [1.82, 2.24) is 4.90 Å². The van der Waals surface area contributed by atoms with E-state index in [2.05, 4.69) is 6.92 Å². The first-order valence-corrected chi connectivity index (χ1v) is 7.35. The van der Waals surface area contributed by atoms with E-state index in [-0.39, 0.29) is 22.4 Å². The second kappa shape index (κ2) is 6.35.